The first-order valence-corrected chi connectivity index (χ1v) is 7.28. The van der Waals surface area contributed by atoms with Crippen LogP contribution in [0.25, 0.3) is 21.9 Å². The van der Waals surface area contributed by atoms with Crippen molar-refractivity contribution in [2.75, 3.05) is 18.0 Å². The van der Waals surface area contributed by atoms with Crippen molar-refractivity contribution in [3.8, 4) is 0 Å². The van der Waals surface area contributed by atoms with Gasteiger partial charge < -0.3 is 9.88 Å². The number of aromatic amines is 1. The van der Waals surface area contributed by atoms with Crippen LogP contribution in [0.4, 0.5) is 5.82 Å². The Morgan fingerprint density at radius 2 is 1.90 bits per heavy atom. The molecular formula is C16H20N4. The summed E-state index contributed by atoms with van der Waals surface area (Å²) in [7, 11) is 0. The van der Waals surface area contributed by atoms with Crippen LogP contribution < -0.4 is 4.90 Å². The second-order valence-electron chi connectivity index (χ2n) is 4.95. The van der Waals surface area contributed by atoms with Crippen LogP contribution in [0.15, 0.2) is 24.5 Å². The van der Waals surface area contributed by atoms with Gasteiger partial charge in [-0.3, -0.25) is 0 Å². The van der Waals surface area contributed by atoms with E-state index in [-0.39, 0.29) is 0 Å². The molecular weight excluding hydrogens is 248 g/mol. The number of benzene rings is 1. The summed E-state index contributed by atoms with van der Waals surface area (Å²) in [6.07, 6.45) is 2.71. The van der Waals surface area contributed by atoms with E-state index in [4.69, 9.17) is 0 Å². The predicted octanol–water partition coefficient (Wildman–Crippen LogP) is 3.52. The quantitative estimate of drug-likeness (QED) is 0.787. The Balaban J connectivity index is 2.30. The van der Waals surface area contributed by atoms with Gasteiger partial charge in [-0.2, -0.15) is 0 Å². The number of aryl methyl sites for hydroxylation is 1. The normalized spacial score (nSPS) is 11.3. The maximum absolute atomic E-state index is 4.49. The maximum atomic E-state index is 4.49. The van der Waals surface area contributed by atoms with Crippen molar-refractivity contribution in [2.45, 2.75) is 27.2 Å². The maximum Gasteiger partial charge on any atom is 0.156 e. The first-order valence-electron chi connectivity index (χ1n) is 7.28. The Morgan fingerprint density at radius 1 is 1.10 bits per heavy atom. The van der Waals surface area contributed by atoms with Crippen molar-refractivity contribution < 1.29 is 0 Å². The molecule has 4 nitrogen and oxygen atoms in total. The number of hydrogen-bond acceptors (Lipinski definition) is 3. The van der Waals surface area contributed by atoms with Crippen molar-refractivity contribution in [1.82, 2.24) is 15.0 Å². The van der Waals surface area contributed by atoms with Gasteiger partial charge in [-0.25, -0.2) is 9.97 Å². The van der Waals surface area contributed by atoms with E-state index in [0.29, 0.717) is 0 Å². The third-order valence-electron chi connectivity index (χ3n) is 3.90. The summed E-state index contributed by atoms with van der Waals surface area (Å²) in [5, 5.41) is 1.19. The number of anilines is 1. The largest absolute Gasteiger partial charge is 0.355 e. The van der Waals surface area contributed by atoms with Crippen molar-refractivity contribution in [1.29, 1.82) is 0 Å². The first kappa shape index (κ1) is 12.9. The molecule has 0 radical (unpaired) electrons. The van der Waals surface area contributed by atoms with Gasteiger partial charge in [0.05, 0.1) is 0 Å². The second kappa shape index (κ2) is 5.12. The molecule has 1 aromatic carbocycles. The Morgan fingerprint density at radius 3 is 2.60 bits per heavy atom. The zero-order chi connectivity index (χ0) is 14.1. The highest BCUT2D eigenvalue weighted by Gasteiger charge is 2.14. The molecule has 1 N–H and O–H groups in total. The summed E-state index contributed by atoms with van der Waals surface area (Å²) in [5.41, 5.74) is 4.53. The third kappa shape index (κ3) is 1.92. The number of fused-ring (bicyclic) bond motifs is 3. The minimum Gasteiger partial charge on any atom is -0.355 e. The van der Waals surface area contributed by atoms with Gasteiger partial charge >= 0.3 is 0 Å². The lowest BCUT2D eigenvalue weighted by Gasteiger charge is -2.19. The highest BCUT2D eigenvalue weighted by atomic mass is 15.2. The fourth-order valence-electron chi connectivity index (χ4n) is 2.71. The smallest absolute Gasteiger partial charge is 0.156 e. The van der Waals surface area contributed by atoms with E-state index in [1.165, 1.54) is 10.9 Å². The molecule has 3 aromatic rings. The molecule has 2 heterocycles. The number of nitrogens with one attached hydrogen (secondary N) is 1. The Labute approximate surface area is 118 Å². The monoisotopic (exact) mass is 268 g/mol. The summed E-state index contributed by atoms with van der Waals surface area (Å²) in [5.74, 6) is 0.995. The Hall–Kier alpha value is -2.10. The van der Waals surface area contributed by atoms with Gasteiger partial charge in [0.15, 0.2) is 5.82 Å². The fourth-order valence-corrected chi connectivity index (χ4v) is 2.71. The number of H-pyrrole nitrogens is 1. The molecule has 104 valence electrons. The zero-order valence-electron chi connectivity index (χ0n) is 12.3. The average Bonchev–Trinajstić information content (AvgIpc) is 2.87. The minimum atomic E-state index is 0.943. The molecule has 0 saturated carbocycles. The molecule has 4 heteroatoms. The van der Waals surface area contributed by atoms with Crippen LogP contribution in [-0.4, -0.2) is 28.0 Å². The van der Waals surface area contributed by atoms with E-state index in [1.54, 1.807) is 6.33 Å². The molecule has 2 aromatic heterocycles. The minimum absolute atomic E-state index is 0.943. The summed E-state index contributed by atoms with van der Waals surface area (Å²) in [6, 6.07) is 6.54. The van der Waals surface area contributed by atoms with E-state index >= 15 is 0 Å². The van der Waals surface area contributed by atoms with Crippen LogP contribution in [0.1, 0.15) is 26.3 Å². The van der Waals surface area contributed by atoms with Gasteiger partial charge in [-0.05, 0) is 38.0 Å². The lowest BCUT2D eigenvalue weighted by atomic mass is 10.1. The SMILES string of the molecule is CCc1ccc2[nH]c3c(N(CC)CC)ncnc3c2c1. The van der Waals surface area contributed by atoms with Gasteiger partial charge in [0, 0.05) is 24.0 Å². The van der Waals surface area contributed by atoms with Crippen molar-refractivity contribution in [3.63, 3.8) is 0 Å². The van der Waals surface area contributed by atoms with Crippen LogP contribution in [0.3, 0.4) is 0 Å². The standard InChI is InChI=1S/C16H20N4/c1-4-11-7-8-13-12(9-11)14-15(19-13)16(18-10-17-14)20(5-2)6-3/h7-10,19H,4-6H2,1-3H3. The average molecular weight is 268 g/mol. The molecule has 0 aliphatic heterocycles. The topological polar surface area (TPSA) is 44.8 Å². The Bertz CT molecular complexity index is 741. The molecule has 0 saturated heterocycles. The number of rotatable bonds is 4. The molecule has 0 fully saturated rings. The van der Waals surface area contributed by atoms with Crippen LogP contribution in [0.5, 0.6) is 0 Å². The second-order valence-corrected chi connectivity index (χ2v) is 4.95. The molecule has 0 spiro atoms. The molecule has 20 heavy (non-hydrogen) atoms. The van der Waals surface area contributed by atoms with Gasteiger partial charge in [-0.15, -0.1) is 0 Å². The molecule has 0 amide bonds. The Kier molecular flexibility index (Phi) is 3.30. The summed E-state index contributed by atoms with van der Waals surface area (Å²) < 4.78 is 0. The number of nitrogens with zero attached hydrogens (tertiary/aromatic N) is 3. The summed E-state index contributed by atoms with van der Waals surface area (Å²) in [4.78, 5) is 14.7. The molecule has 0 aliphatic rings. The van der Waals surface area contributed by atoms with Crippen LogP contribution in [0, 0.1) is 0 Å². The van der Waals surface area contributed by atoms with Gasteiger partial charge in [-0.1, -0.05) is 13.0 Å². The fraction of sp³-hybridized carbons (Fsp3) is 0.375. The van der Waals surface area contributed by atoms with E-state index in [0.717, 1.165) is 41.9 Å². The first-order chi connectivity index (χ1) is 9.78. The molecule has 0 atom stereocenters. The number of aromatic nitrogens is 3. The number of hydrogen-bond donors (Lipinski definition) is 1. The van der Waals surface area contributed by atoms with Gasteiger partial charge in [0.1, 0.15) is 17.4 Å². The van der Waals surface area contributed by atoms with E-state index in [2.05, 4.69) is 58.8 Å². The predicted molar refractivity (Wildman–Crippen MR) is 84.3 cm³/mol. The van der Waals surface area contributed by atoms with Gasteiger partial charge in [0.25, 0.3) is 0 Å². The van der Waals surface area contributed by atoms with Crippen LogP contribution >= 0.6 is 0 Å². The van der Waals surface area contributed by atoms with E-state index in [9.17, 15) is 0 Å². The van der Waals surface area contributed by atoms with Crippen LogP contribution in [0.2, 0.25) is 0 Å². The highest BCUT2D eigenvalue weighted by Crippen LogP contribution is 2.29. The molecule has 0 unspecified atom stereocenters. The van der Waals surface area contributed by atoms with E-state index in [1.807, 2.05) is 0 Å². The van der Waals surface area contributed by atoms with E-state index < -0.39 is 0 Å². The molecule has 3 rings (SSSR count). The lowest BCUT2D eigenvalue weighted by Crippen LogP contribution is -2.23. The van der Waals surface area contributed by atoms with Crippen LogP contribution in [-0.2, 0) is 6.42 Å². The lowest BCUT2D eigenvalue weighted by molar-refractivity contribution is 0.847. The summed E-state index contributed by atoms with van der Waals surface area (Å²) in [6.45, 7) is 8.35. The van der Waals surface area contributed by atoms with Crippen molar-refractivity contribution >= 4 is 27.8 Å². The third-order valence-corrected chi connectivity index (χ3v) is 3.90. The van der Waals surface area contributed by atoms with Crippen molar-refractivity contribution in [3.05, 3.63) is 30.1 Å². The zero-order valence-corrected chi connectivity index (χ0v) is 12.3. The molecule has 0 bridgehead atoms. The molecule has 0 aliphatic carbocycles. The highest BCUT2D eigenvalue weighted by molar-refractivity contribution is 6.08. The van der Waals surface area contributed by atoms with Gasteiger partial charge in [0.2, 0.25) is 0 Å². The summed E-state index contributed by atoms with van der Waals surface area (Å²) >= 11 is 0. The van der Waals surface area contributed by atoms with Crippen molar-refractivity contribution in [2.24, 2.45) is 0 Å².